The summed E-state index contributed by atoms with van der Waals surface area (Å²) in [6.07, 6.45) is 1.48. The zero-order chi connectivity index (χ0) is 32.6. The lowest BCUT2D eigenvalue weighted by Gasteiger charge is -2.49. The number of allylic oxidation sites excluding steroid dienone is 2. The lowest BCUT2D eigenvalue weighted by atomic mass is 9.83. The molecule has 44 heavy (non-hydrogen) atoms. The third kappa shape index (κ3) is 5.95. The maximum Gasteiger partial charge on any atom is 0.201 e. The first-order valence-electron chi connectivity index (χ1n) is 17.2. The molecule has 0 aromatic heterocycles. The van der Waals surface area contributed by atoms with Gasteiger partial charge in [0, 0.05) is 11.1 Å². The Hall–Kier alpha value is -2.06. The lowest BCUT2D eigenvalue weighted by molar-refractivity contribution is -0.108. The number of rotatable bonds is 12. The van der Waals surface area contributed by atoms with Crippen LogP contribution in [0.4, 0.5) is 0 Å². The second-order valence-corrected chi connectivity index (χ2v) is 25.9. The molecule has 2 aromatic carbocycles. The Morgan fingerprint density at radius 1 is 0.500 bits per heavy atom. The van der Waals surface area contributed by atoms with E-state index < -0.39 is 16.6 Å². The van der Waals surface area contributed by atoms with E-state index in [9.17, 15) is 4.79 Å². The van der Waals surface area contributed by atoms with Crippen molar-refractivity contribution in [2.45, 2.75) is 141 Å². The minimum absolute atomic E-state index is 0.119. The van der Waals surface area contributed by atoms with Crippen LogP contribution in [0.5, 0.6) is 0 Å². The van der Waals surface area contributed by atoms with Crippen LogP contribution in [-0.2, 0) is 13.6 Å². The van der Waals surface area contributed by atoms with E-state index in [1.165, 1.54) is 0 Å². The smallest absolute Gasteiger partial charge is 0.201 e. The van der Waals surface area contributed by atoms with Gasteiger partial charge >= 0.3 is 0 Å². The number of ketones is 1. The molecule has 1 fully saturated rings. The highest BCUT2D eigenvalue weighted by Gasteiger charge is 2.53. The first-order valence-corrected chi connectivity index (χ1v) is 21.5. The van der Waals surface area contributed by atoms with Crippen molar-refractivity contribution in [2.24, 2.45) is 0 Å². The SMILES string of the molecule is CC(C)[Si](O[C@H]1CC[C@H](O[Si](C(C)C)(C(C)C)C(C)C)C2=C(c3ccccc3)C(=O)C(c3ccccc3)=C21)(C(C)C)C(C)C. The minimum atomic E-state index is -2.25. The van der Waals surface area contributed by atoms with Crippen molar-refractivity contribution in [1.29, 1.82) is 0 Å². The quantitative estimate of drug-likeness (QED) is 0.219. The number of Topliss-reactive ketones (excluding diaryl/α,β-unsaturated/α-hetero) is 1. The highest BCUT2D eigenvalue weighted by Crippen LogP contribution is 2.54. The second-order valence-electron chi connectivity index (χ2n) is 15.1. The molecule has 0 bridgehead atoms. The summed E-state index contributed by atoms with van der Waals surface area (Å²) in [7, 11) is -4.50. The molecule has 2 aliphatic carbocycles. The first kappa shape index (κ1) is 34.8. The first-order chi connectivity index (χ1) is 20.7. The number of carbonyl (C=O) groups is 1. The summed E-state index contributed by atoms with van der Waals surface area (Å²) in [5.74, 6) is 0.119. The standard InChI is InChI=1S/C39H58O3Si2/c1-25(2)43(26(3)4,27(5)6)41-33-23-24-34(42-44(28(7)8,29(9)10)30(11)12)38-36(32-21-17-14-18-22-32)39(40)35(37(33)38)31-19-15-13-16-20-31/h13-22,25-30,33-34H,23-24H2,1-12H3/t33-,34-/m0/s1. The van der Waals surface area contributed by atoms with E-state index in [1.807, 2.05) is 36.4 Å². The van der Waals surface area contributed by atoms with Gasteiger partial charge in [0.1, 0.15) is 0 Å². The number of benzene rings is 2. The minimum Gasteiger partial charge on any atom is -0.409 e. The van der Waals surface area contributed by atoms with Gasteiger partial charge in [-0.05, 0) is 68.4 Å². The average molecular weight is 631 g/mol. The van der Waals surface area contributed by atoms with Crippen LogP contribution in [0.2, 0.25) is 33.2 Å². The number of carbonyl (C=O) groups excluding carboxylic acids is 1. The monoisotopic (exact) mass is 630 g/mol. The fourth-order valence-electron chi connectivity index (χ4n) is 9.23. The zero-order valence-electron chi connectivity index (χ0n) is 29.5. The Balaban J connectivity index is 2.03. The van der Waals surface area contributed by atoms with Gasteiger partial charge in [0.05, 0.1) is 12.2 Å². The summed E-state index contributed by atoms with van der Waals surface area (Å²) in [4.78, 5) is 14.9. The number of hydrogen-bond acceptors (Lipinski definition) is 3. The Kier molecular flexibility index (Phi) is 10.9. The van der Waals surface area contributed by atoms with Gasteiger partial charge in [0.15, 0.2) is 5.78 Å². The van der Waals surface area contributed by atoms with Crippen LogP contribution in [0.25, 0.3) is 11.1 Å². The summed E-state index contributed by atoms with van der Waals surface area (Å²) in [5.41, 5.74) is 8.56. The van der Waals surface area contributed by atoms with Crippen LogP contribution in [0, 0.1) is 0 Å². The van der Waals surface area contributed by atoms with Gasteiger partial charge in [-0.15, -0.1) is 0 Å². The molecule has 2 aliphatic rings. The Bertz CT molecular complexity index is 1210. The number of fused-ring (bicyclic) bond motifs is 1. The van der Waals surface area contributed by atoms with E-state index in [0.29, 0.717) is 33.2 Å². The van der Waals surface area contributed by atoms with Crippen molar-refractivity contribution in [2.75, 3.05) is 0 Å². The van der Waals surface area contributed by atoms with Gasteiger partial charge in [-0.25, -0.2) is 0 Å². The summed E-state index contributed by atoms with van der Waals surface area (Å²) >= 11 is 0. The molecule has 3 nitrogen and oxygen atoms in total. The fourth-order valence-corrected chi connectivity index (χ4v) is 20.3. The highest BCUT2D eigenvalue weighted by atomic mass is 28.4. The Labute approximate surface area is 270 Å². The molecule has 5 heteroatoms. The van der Waals surface area contributed by atoms with Gasteiger partial charge in [-0.1, -0.05) is 144 Å². The van der Waals surface area contributed by atoms with Crippen molar-refractivity contribution in [3.63, 3.8) is 0 Å². The predicted octanol–water partition coefficient (Wildman–Crippen LogP) is 11.4. The van der Waals surface area contributed by atoms with Crippen LogP contribution in [0.15, 0.2) is 71.8 Å². The van der Waals surface area contributed by atoms with Crippen molar-refractivity contribution in [3.8, 4) is 0 Å². The second kappa shape index (κ2) is 13.7. The fraction of sp³-hybridized carbons (Fsp3) is 0.564. The molecule has 4 rings (SSSR count). The van der Waals surface area contributed by atoms with E-state index >= 15 is 0 Å². The summed E-state index contributed by atoms with van der Waals surface area (Å²) in [6, 6.07) is 20.6. The van der Waals surface area contributed by atoms with Gasteiger partial charge < -0.3 is 8.85 Å². The molecule has 2 aromatic rings. The normalized spacial score (nSPS) is 20.0. The maximum atomic E-state index is 14.9. The van der Waals surface area contributed by atoms with Crippen LogP contribution < -0.4 is 0 Å². The van der Waals surface area contributed by atoms with Gasteiger partial charge in [0.2, 0.25) is 16.6 Å². The molecule has 2 atom stereocenters. The molecule has 0 spiro atoms. The number of hydrogen-bond donors (Lipinski definition) is 0. The van der Waals surface area contributed by atoms with E-state index in [2.05, 4.69) is 107 Å². The molecule has 0 amide bonds. The van der Waals surface area contributed by atoms with Gasteiger partial charge in [0.25, 0.3) is 0 Å². The average Bonchev–Trinajstić information content (AvgIpc) is 3.28. The van der Waals surface area contributed by atoms with Crippen molar-refractivity contribution < 1.29 is 13.6 Å². The third-order valence-corrected chi connectivity index (χ3v) is 23.1. The highest BCUT2D eigenvalue weighted by molar-refractivity contribution is 6.78. The largest absolute Gasteiger partial charge is 0.409 e. The van der Waals surface area contributed by atoms with E-state index in [1.54, 1.807) is 0 Å². The summed E-state index contributed by atoms with van der Waals surface area (Å²) in [5, 5.41) is 0. The molecule has 0 unspecified atom stereocenters. The van der Waals surface area contributed by atoms with Gasteiger partial charge in [-0.2, -0.15) is 0 Å². The molecular formula is C39H58O3Si2. The van der Waals surface area contributed by atoms with Gasteiger partial charge in [-0.3, -0.25) is 4.79 Å². The molecule has 0 saturated heterocycles. The Morgan fingerprint density at radius 3 is 1.02 bits per heavy atom. The molecule has 240 valence electrons. The predicted molar refractivity (Wildman–Crippen MR) is 193 cm³/mol. The van der Waals surface area contributed by atoms with Crippen LogP contribution >= 0.6 is 0 Å². The lowest BCUT2D eigenvalue weighted by Crippen LogP contribution is -2.53. The van der Waals surface area contributed by atoms with Crippen molar-refractivity contribution in [1.82, 2.24) is 0 Å². The van der Waals surface area contributed by atoms with Crippen molar-refractivity contribution >= 4 is 33.6 Å². The summed E-state index contributed by atoms with van der Waals surface area (Å²) in [6.45, 7) is 28.3. The zero-order valence-corrected chi connectivity index (χ0v) is 31.5. The third-order valence-electron chi connectivity index (χ3n) is 10.8. The van der Waals surface area contributed by atoms with E-state index in [-0.39, 0.29) is 18.0 Å². The maximum absolute atomic E-state index is 14.9. The van der Waals surface area contributed by atoms with Crippen LogP contribution in [0.3, 0.4) is 0 Å². The topological polar surface area (TPSA) is 35.5 Å². The molecule has 0 N–H and O–H groups in total. The van der Waals surface area contributed by atoms with E-state index in [0.717, 1.165) is 46.3 Å². The summed E-state index contributed by atoms with van der Waals surface area (Å²) < 4.78 is 15.3. The molecule has 0 heterocycles. The molecular weight excluding hydrogens is 573 g/mol. The van der Waals surface area contributed by atoms with Crippen LogP contribution in [0.1, 0.15) is 107 Å². The Morgan fingerprint density at radius 2 is 0.773 bits per heavy atom. The molecule has 1 saturated carbocycles. The molecule has 0 radical (unpaired) electrons. The van der Waals surface area contributed by atoms with E-state index in [4.69, 9.17) is 8.85 Å². The molecule has 0 aliphatic heterocycles. The van der Waals surface area contributed by atoms with Crippen molar-refractivity contribution in [3.05, 3.63) is 82.9 Å². The van der Waals surface area contributed by atoms with Crippen LogP contribution in [-0.4, -0.2) is 34.6 Å².